The monoisotopic (exact) mass is 383 g/mol. The maximum Gasteiger partial charge on any atom is 0.253 e. The summed E-state index contributed by atoms with van der Waals surface area (Å²) in [5.74, 6) is -1.29. The number of rotatable bonds is 4. The molecule has 3 rings (SSSR count). The Morgan fingerprint density at radius 3 is 2.39 bits per heavy atom. The van der Waals surface area contributed by atoms with Crippen molar-refractivity contribution in [2.24, 2.45) is 5.92 Å². The predicted molar refractivity (Wildman–Crippen MR) is 104 cm³/mol. The molecule has 0 bridgehead atoms. The lowest BCUT2D eigenvalue weighted by molar-refractivity contribution is -0.121. The number of amides is 3. The molecule has 3 amide bonds. The molecule has 1 heterocycles. The van der Waals surface area contributed by atoms with Crippen molar-refractivity contribution in [2.75, 3.05) is 23.7 Å². The summed E-state index contributed by atoms with van der Waals surface area (Å²) < 4.78 is 13.1. The van der Waals surface area contributed by atoms with Gasteiger partial charge in [0.25, 0.3) is 5.91 Å². The van der Waals surface area contributed by atoms with Crippen molar-refractivity contribution in [3.8, 4) is 0 Å². The Balaban J connectivity index is 1.63. The van der Waals surface area contributed by atoms with Crippen molar-refractivity contribution >= 4 is 29.1 Å². The van der Waals surface area contributed by atoms with Crippen LogP contribution in [0.2, 0.25) is 0 Å². The molecule has 7 heteroatoms. The van der Waals surface area contributed by atoms with Crippen LogP contribution >= 0.6 is 0 Å². The minimum absolute atomic E-state index is 0.170. The first-order valence-corrected chi connectivity index (χ1v) is 9.16. The quantitative estimate of drug-likeness (QED) is 0.851. The summed E-state index contributed by atoms with van der Waals surface area (Å²) in [4.78, 5) is 38.1. The van der Waals surface area contributed by atoms with E-state index in [9.17, 15) is 18.8 Å². The first kappa shape index (κ1) is 19.5. The zero-order valence-corrected chi connectivity index (χ0v) is 15.6. The lowest BCUT2D eigenvalue weighted by Gasteiger charge is -2.32. The van der Waals surface area contributed by atoms with Crippen molar-refractivity contribution in [2.45, 2.75) is 19.8 Å². The van der Waals surface area contributed by atoms with Gasteiger partial charge in [-0.3, -0.25) is 14.4 Å². The van der Waals surface area contributed by atoms with E-state index in [-0.39, 0.29) is 23.6 Å². The van der Waals surface area contributed by atoms with Gasteiger partial charge in [-0.1, -0.05) is 6.07 Å². The first-order valence-electron chi connectivity index (χ1n) is 9.16. The van der Waals surface area contributed by atoms with E-state index in [2.05, 4.69) is 10.6 Å². The molecule has 0 aromatic heterocycles. The normalized spacial score (nSPS) is 16.4. The number of hydrogen-bond donors (Lipinski definition) is 2. The maximum atomic E-state index is 13.1. The van der Waals surface area contributed by atoms with Crippen LogP contribution in [0.5, 0.6) is 0 Å². The molecular weight excluding hydrogens is 361 g/mol. The van der Waals surface area contributed by atoms with Gasteiger partial charge in [-0.15, -0.1) is 0 Å². The molecule has 0 radical (unpaired) electrons. The van der Waals surface area contributed by atoms with E-state index in [0.717, 1.165) is 6.42 Å². The highest BCUT2D eigenvalue weighted by Crippen LogP contribution is 2.22. The molecule has 2 aromatic rings. The second-order valence-electron chi connectivity index (χ2n) is 6.85. The zero-order chi connectivity index (χ0) is 20.1. The average Bonchev–Trinajstić information content (AvgIpc) is 2.68. The van der Waals surface area contributed by atoms with Crippen LogP contribution in [0.4, 0.5) is 15.8 Å². The minimum Gasteiger partial charge on any atom is -0.338 e. The first-order chi connectivity index (χ1) is 13.4. The van der Waals surface area contributed by atoms with Gasteiger partial charge in [0.1, 0.15) is 5.82 Å². The van der Waals surface area contributed by atoms with Gasteiger partial charge in [0.05, 0.1) is 5.92 Å². The maximum absolute atomic E-state index is 13.1. The fraction of sp³-hybridized carbons (Fsp3) is 0.286. The Morgan fingerprint density at radius 2 is 1.71 bits per heavy atom. The lowest BCUT2D eigenvalue weighted by Crippen LogP contribution is -2.43. The second kappa shape index (κ2) is 8.65. The third kappa shape index (κ3) is 4.94. The Kier molecular flexibility index (Phi) is 6.03. The van der Waals surface area contributed by atoms with E-state index in [1.54, 1.807) is 29.2 Å². The second-order valence-corrected chi connectivity index (χ2v) is 6.85. The van der Waals surface area contributed by atoms with E-state index in [1.807, 2.05) is 0 Å². The summed E-state index contributed by atoms with van der Waals surface area (Å²) >= 11 is 0. The molecule has 146 valence electrons. The van der Waals surface area contributed by atoms with Crippen LogP contribution in [0.25, 0.3) is 0 Å². The van der Waals surface area contributed by atoms with Gasteiger partial charge in [0.2, 0.25) is 11.8 Å². The van der Waals surface area contributed by atoms with Gasteiger partial charge in [0, 0.05) is 37.0 Å². The topological polar surface area (TPSA) is 78.5 Å². The number of halogens is 1. The number of hydrogen-bond acceptors (Lipinski definition) is 3. The number of nitrogens with zero attached hydrogens (tertiary/aromatic N) is 1. The number of benzene rings is 2. The molecule has 1 fully saturated rings. The molecule has 0 aliphatic carbocycles. The highest BCUT2D eigenvalue weighted by atomic mass is 19.1. The molecule has 6 nitrogen and oxygen atoms in total. The Bertz CT molecular complexity index is 883. The Labute approximate surface area is 162 Å². The third-order valence-electron chi connectivity index (χ3n) is 4.62. The van der Waals surface area contributed by atoms with Crippen LogP contribution in [0, 0.1) is 11.7 Å². The molecule has 0 saturated carbocycles. The fourth-order valence-corrected chi connectivity index (χ4v) is 3.27. The van der Waals surface area contributed by atoms with Crippen molar-refractivity contribution in [3.63, 3.8) is 0 Å². The van der Waals surface area contributed by atoms with Gasteiger partial charge >= 0.3 is 0 Å². The highest BCUT2D eigenvalue weighted by molar-refractivity contribution is 5.97. The average molecular weight is 383 g/mol. The third-order valence-corrected chi connectivity index (χ3v) is 4.62. The summed E-state index contributed by atoms with van der Waals surface area (Å²) in [5.41, 5.74) is 1.59. The molecule has 1 saturated heterocycles. The zero-order valence-electron chi connectivity index (χ0n) is 15.6. The predicted octanol–water partition coefficient (Wildman–Crippen LogP) is 3.28. The van der Waals surface area contributed by atoms with Crippen LogP contribution in [0.1, 0.15) is 30.1 Å². The number of anilines is 2. The standard InChI is InChI=1S/C21H22FN3O3/c1-14(26)23-18-5-2-6-19(12-18)24-20(27)16-4-3-11-25(13-16)21(28)15-7-9-17(22)10-8-15/h2,5-10,12,16H,3-4,11,13H2,1H3,(H,23,26)(H,24,27)/t16-/m1/s1. The summed E-state index contributed by atoms with van der Waals surface area (Å²) in [6.07, 6.45) is 1.40. The van der Waals surface area contributed by atoms with E-state index in [1.165, 1.54) is 31.2 Å². The van der Waals surface area contributed by atoms with Gasteiger partial charge in [-0.2, -0.15) is 0 Å². The van der Waals surface area contributed by atoms with Crippen molar-refractivity contribution in [3.05, 3.63) is 59.9 Å². The summed E-state index contributed by atoms with van der Waals surface area (Å²) in [7, 11) is 0. The molecule has 0 unspecified atom stereocenters. The Hall–Kier alpha value is -3.22. The number of carbonyl (C=O) groups excluding carboxylic acids is 3. The molecule has 1 aliphatic heterocycles. The number of likely N-dealkylation sites (tertiary alicyclic amines) is 1. The van der Waals surface area contributed by atoms with E-state index < -0.39 is 5.82 Å². The highest BCUT2D eigenvalue weighted by Gasteiger charge is 2.29. The molecule has 2 N–H and O–H groups in total. The molecule has 0 spiro atoms. The summed E-state index contributed by atoms with van der Waals surface area (Å²) in [6, 6.07) is 12.3. The Morgan fingerprint density at radius 1 is 1.04 bits per heavy atom. The lowest BCUT2D eigenvalue weighted by atomic mass is 9.96. The van der Waals surface area contributed by atoms with Crippen LogP contribution in [-0.2, 0) is 9.59 Å². The van der Waals surface area contributed by atoms with Crippen molar-refractivity contribution in [1.29, 1.82) is 0 Å². The van der Waals surface area contributed by atoms with Crippen LogP contribution in [0.15, 0.2) is 48.5 Å². The molecular formula is C21H22FN3O3. The fourth-order valence-electron chi connectivity index (χ4n) is 3.27. The number of piperidine rings is 1. The molecule has 2 aromatic carbocycles. The number of nitrogens with one attached hydrogen (secondary N) is 2. The van der Waals surface area contributed by atoms with Gasteiger partial charge in [-0.05, 0) is 55.3 Å². The summed E-state index contributed by atoms with van der Waals surface area (Å²) in [5, 5.41) is 5.53. The van der Waals surface area contributed by atoms with Crippen LogP contribution < -0.4 is 10.6 Å². The molecule has 1 atom stereocenters. The van der Waals surface area contributed by atoms with Crippen LogP contribution in [-0.4, -0.2) is 35.7 Å². The van der Waals surface area contributed by atoms with Crippen molar-refractivity contribution < 1.29 is 18.8 Å². The number of carbonyl (C=O) groups is 3. The molecule has 1 aliphatic rings. The van der Waals surface area contributed by atoms with E-state index >= 15 is 0 Å². The van der Waals surface area contributed by atoms with Gasteiger partial charge in [-0.25, -0.2) is 4.39 Å². The summed E-state index contributed by atoms with van der Waals surface area (Å²) in [6.45, 7) is 2.30. The van der Waals surface area contributed by atoms with Crippen LogP contribution in [0.3, 0.4) is 0 Å². The van der Waals surface area contributed by atoms with Gasteiger partial charge in [0.15, 0.2) is 0 Å². The van der Waals surface area contributed by atoms with E-state index in [4.69, 9.17) is 0 Å². The van der Waals surface area contributed by atoms with E-state index in [0.29, 0.717) is 36.4 Å². The molecule has 28 heavy (non-hydrogen) atoms. The SMILES string of the molecule is CC(=O)Nc1cccc(NC(=O)[C@@H]2CCCN(C(=O)c3ccc(F)cc3)C2)c1. The smallest absolute Gasteiger partial charge is 0.253 e. The van der Waals surface area contributed by atoms with Crippen molar-refractivity contribution in [1.82, 2.24) is 4.90 Å². The largest absolute Gasteiger partial charge is 0.338 e. The van der Waals surface area contributed by atoms with Gasteiger partial charge < -0.3 is 15.5 Å². The minimum atomic E-state index is -0.394.